The summed E-state index contributed by atoms with van der Waals surface area (Å²) in [4.78, 5) is 12.0. The number of H-pyrrole nitrogens is 1. The van der Waals surface area contributed by atoms with Crippen molar-refractivity contribution in [3.8, 4) is 11.5 Å². The number of rotatable bonds is 1. The highest BCUT2D eigenvalue weighted by atomic mass is 32.2. The van der Waals surface area contributed by atoms with Gasteiger partial charge in [-0.25, -0.2) is 9.97 Å². The molecule has 0 atom stereocenters. The van der Waals surface area contributed by atoms with E-state index in [1.807, 2.05) is 0 Å². The summed E-state index contributed by atoms with van der Waals surface area (Å²) in [7, 11) is 0. The van der Waals surface area contributed by atoms with Crippen LogP contribution in [-0.2, 0) is 0 Å². The van der Waals surface area contributed by atoms with Gasteiger partial charge >= 0.3 is 0 Å². The van der Waals surface area contributed by atoms with Crippen molar-refractivity contribution in [2.45, 2.75) is 0 Å². The normalized spacial score (nSPS) is 10.0. The van der Waals surface area contributed by atoms with Gasteiger partial charge in [-0.1, -0.05) is 0 Å². The van der Waals surface area contributed by atoms with Gasteiger partial charge in [0.25, 0.3) is 0 Å². The molecule has 1 N–H and O–H groups in total. The fraction of sp³-hybridized carbons (Fsp3) is 0. The molecule has 0 radical (unpaired) electrons. The molecule has 2 heterocycles. The van der Waals surface area contributed by atoms with Crippen LogP contribution in [0.25, 0.3) is 11.5 Å². The van der Waals surface area contributed by atoms with Crippen molar-refractivity contribution in [3.63, 3.8) is 0 Å². The molecule has 0 aromatic carbocycles. The largest absolute Gasteiger partial charge is 0.291 e. The smallest absolute Gasteiger partial charge is 0.198 e. The van der Waals surface area contributed by atoms with E-state index in [1.165, 1.54) is 11.5 Å². The zero-order valence-corrected chi connectivity index (χ0v) is 7.52. The highest BCUT2D eigenvalue weighted by molar-refractivity contribution is 7.73. The van der Waals surface area contributed by atoms with Gasteiger partial charge in [0, 0.05) is 12.4 Å². The first-order valence-corrected chi connectivity index (χ1v) is 4.40. The van der Waals surface area contributed by atoms with Crippen LogP contribution in [0.5, 0.6) is 0 Å². The molecule has 0 bridgehead atoms. The molecule has 0 amide bonds. The maximum absolute atomic E-state index is 4.86. The first kappa shape index (κ1) is 7.51. The standard InChI is InChI=1S/C6H4N4S2/c11-6-9-5(10-12-6)4-3-7-1-2-8-4/h1-3H,(H,9,10,11). The lowest BCUT2D eigenvalue weighted by molar-refractivity contribution is 1.16. The van der Waals surface area contributed by atoms with Gasteiger partial charge < -0.3 is 0 Å². The molecule has 2 aromatic heterocycles. The quantitative estimate of drug-likeness (QED) is 0.705. The van der Waals surface area contributed by atoms with Gasteiger partial charge in [0.15, 0.2) is 9.78 Å². The molecule has 0 aliphatic carbocycles. The third-order valence-electron chi connectivity index (χ3n) is 1.24. The van der Waals surface area contributed by atoms with Crippen LogP contribution in [-0.4, -0.2) is 19.3 Å². The van der Waals surface area contributed by atoms with Crippen LogP contribution in [0.2, 0.25) is 0 Å². The topological polar surface area (TPSA) is 54.5 Å². The molecule has 0 fully saturated rings. The van der Waals surface area contributed by atoms with E-state index in [-0.39, 0.29) is 0 Å². The molecular weight excluding hydrogens is 192 g/mol. The molecule has 12 heavy (non-hydrogen) atoms. The van der Waals surface area contributed by atoms with E-state index >= 15 is 0 Å². The minimum absolute atomic E-state index is 0.579. The second-order valence-corrected chi connectivity index (χ2v) is 3.46. The van der Waals surface area contributed by atoms with E-state index in [4.69, 9.17) is 12.2 Å². The summed E-state index contributed by atoms with van der Waals surface area (Å²) in [5.74, 6) is 0.679. The van der Waals surface area contributed by atoms with Crippen molar-refractivity contribution in [1.82, 2.24) is 19.3 Å². The third kappa shape index (κ3) is 1.39. The summed E-state index contributed by atoms with van der Waals surface area (Å²) in [6, 6.07) is 0. The Morgan fingerprint density at radius 1 is 1.42 bits per heavy atom. The SMILES string of the molecule is S=c1nc(-c2cnccn2)[nH]s1. The van der Waals surface area contributed by atoms with Crippen LogP contribution < -0.4 is 0 Å². The van der Waals surface area contributed by atoms with Gasteiger partial charge in [-0.3, -0.25) is 9.36 Å². The Kier molecular flexibility index (Phi) is 1.92. The Bertz CT molecular complexity index is 418. The second-order valence-electron chi connectivity index (χ2n) is 2.02. The summed E-state index contributed by atoms with van der Waals surface area (Å²) in [5, 5.41) is 0. The summed E-state index contributed by atoms with van der Waals surface area (Å²) in [6.45, 7) is 0. The van der Waals surface area contributed by atoms with Crippen LogP contribution in [0.1, 0.15) is 0 Å². The summed E-state index contributed by atoms with van der Waals surface area (Å²) >= 11 is 6.17. The van der Waals surface area contributed by atoms with Crippen molar-refractivity contribution < 1.29 is 0 Å². The minimum atomic E-state index is 0.579. The molecule has 6 heteroatoms. The maximum atomic E-state index is 4.86. The molecule has 2 aromatic rings. The van der Waals surface area contributed by atoms with Crippen LogP contribution in [0, 0.1) is 3.95 Å². The molecule has 0 unspecified atom stereocenters. The molecule has 0 saturated heterocycles. The lowest BCUT2D eigenvalue weighted by Crippen LogP contribution is -1.85. The third-order valence-corrected chi connectivity index (χ3v) is 2.15. The monoisotopic (exact) mass is 196 g/mol. The fourth-order valence-corrected chi connectivity index (χ4v) is 1.45. The summed E-state index contributed by atoms with van der Waals surface area (Å²) < 4.78 is 3.52. The summed E-state index contributed by atoms with van der Waals surface area (Å²) in [5.41, 5.74) is 0.713. The number of nitrogens with zero attached hydrogens (tertiary/aromatic N) is 3. The number of hydrogen-bond donors (Lipinski definition) is 1. The number of hydrogen-bond acceptors (Lipinski definition) is 5. The van der Waals surface area contributed by atoms with Gasteiger partial charge in [0.1, 0.15) is 5.69 Å². The van der Waals surface area contributed by atoms with Crippen molar-refractivity contribution in [2.24, 2.45) is 0 Å². The van der Waals surface area contributed by atoms with Crippen LogP contribution >= 0.6 is 23.8 Å². The molecule has 2 rings (SSSR count). The number of aromatic amines is 1. The Hall–Kier alpha value is -1.14. The average Bonchev–Trinajstić information content (AvgIpc) is 2.54. The van der Waals surface area contributed by atoms with Gasteiger partial charge in [-0.05, 0) is 23.8 Å². The Balaban J connectivity index is 2.51. The van der Waals surface area contributed by atoms with Crippen LogP contribution in [0.15, 0.2) is 18.6 Å². The van der Waals surface area contributed by atoms with Gasteiger partial charge in [0.05, 0.1) is 6.20 Å². The molecular formula is C6H4N4S2. The molecule has 4 nitrogen and oxygen atoms in total. The first-order valence-electron chi connectivity index (χ1n) is 3.18. The van der Waals surface area contributed by atoms with E-state index in [2.05, 4.69) is 19.3 Å². The van der Waals surface area contributed by atoms with Crippen molar-refractivity contribution in [1.29, 1.82) is 0 Å². The van der Waals surface area contributed by atoms with E-state index in [0.29, 0.717) is 15.5 Å². The fourth-order valence-electron chi connectivity index (χ4n) is 0.760. The minimum Gasteiger partial charge on any atom is -0.291 e. The zero-order chi connectivity index (χ0) is 8.39. The van der Waals surface area contributed by atoms with Crippen LogP contribution in [0.4, 0.5) is 0 Å². The van der Waals surface area contributed by atoms with E-state index in [1.54, 1.807) is 18.6 Å². The molecule has 60 valence electrons. The highest BCUT2D eigenvalue weighted by Crippen LogP contribution is 2.10. The van der Waals surface area contributed by atoms with E-state index in [9.17, 15) is 0 Å². The Labute approximate surface area is 77.5 Å². The van der Waals surface area contributed by atoms with E-state index in [0.717, 1.165) is 0 Å². The molecule has 0 saturated carbocycles. The zero-order valence-electron chi connectivity index (χ0n) is 5.89. The lowest BCUT2D eigenvalue weighted by atomic mass is 10.4. The number of nitrogens with one attached hydrogen (secondary N) is 1. The summed E-state index contributed by atoms with van der Waals surface area (Å²) in [6.07, 6.45) is 4.87. The predicted molar refractivity (Wildman–Crippen MR) is 48.3 cm³/mol. The van der Waals surface area contributed by atoms with Crippen LogP contribution in [0.3, 0.4) is 0 Å². The molecule has 0 aliphatic heterocycles. The second kappa shape index (κ2) is 3.08. The van der Waals surface area contributed by atoms with Gasteiger partial charge in [-0.2, -0.15) is 0 Å². The van der Waals surface area contributed by atoms with Crippen molar-refractivity contribution in [2.75, 3.05) is 0 Å². The lowest BCUT2D eigenvalue weighted by Gasteiger charge is -1.90. The molecule has 0 aliphatic rings. The van der Waals surface area contributed by atoms with Crippen molar-refractivity contribution >= 4 is 23.8 Å². The predicted octanol–water partition coefficient (Wildman–Crippen LogP) is 1.66. The van der Waals surface area contributed by atoms with Gasteiger partial charge in [0.2, 0.25) is 0 Å². The maximum Gasteiger partial charge on any atom is 0.198 e. The average molecular weight is 196 g/mol. The Morgan fingerprint density at radius 2 is 2.33 bits per heavy atom. The number of aromatic nitrogens is 4. The molecule has 0 spiro atoms. The Morgan fingerprint density at radius 3 is 2.92 bits per heavy atom. The van der Waals surface area contributed by atoms with Crippen molar-refractivity contribution in [3.05, 3.63) is 22.5 Å². The first-order chi connectivity index (χ1) is 5.86. The van der Waals surface area contributed by atoms with Gasteiger partial charge in [-0.15, -0.1) is 0 Å². The van der Waals surface area contributed by atoms with E-state index < -0.39 is 0 Å². The highest BCUT2D eigenvalue weighted by Gasteiger charge is 2.00.